The number of alkyl halides is 1. The van der Waals surface area contributed by atoms with Crippen LogP contribution in [0, 0.1) is 11.8 Å². The van der Waals surface area contributed by atoms with Gasteiger partial charge >= 0.3 is 13.8 Å². The lowest BCUT2D eigenvalue weighted by Crippen LogP contribution is -2.54. The van der Waals surface area contributed by atoms with Gasteiger partial charge in [0.1, 0.15) is 17.7 Å². The van der Waals surface area contributed by atoms with Gasteiger partial charge in [-0.15, -0.1) is 0 Å². The minimum Gasteiger partial charge on any atom is -0.468 e. The second-order valence-electron chi connectivity index (χ2n) is 14.1. The van der Waals surface area contributed by atoms with Gasteiger partial charge in [0, 0.05) is 12.8 Å². The smallest absolute Gasteiger partial charge is 0.468 e. The van der Waals surface area contributed by atoms with Crippen molar-refractivity contribution in [2.45, 2.75) is 155 Å². The molecule has 2 aromatic carbocycles. The summed E-state index contributed by atoms with van der Waals surface area (Å²) in [4.78, 5) is 22.3. The molecule has 0 bridgehead atoms. The van der Waals surface area contributed by atoms with Crippen molar-refractivity contribution in [3.63, 3.8) is 0 Å². The first-order chi connectivity index (χ1) is 25.2. The number of halogens is 1. The molecule has 2 aromatic rings. The summed E-state index contributed by atoms with van der Waals surface area (Å²) in [6.45, 7) is 6.09. The number of unbranched alkanes of at least 4 members (excludes halogenated alkanes) is 15. The molecule has 0 spiro atoms. The molecule has 2 unspecified atom stereocenters. The number of carbonyl (C=O) groups excluding carboxylic acids is 2. The zero-order valence-electron chi connectivity index (χ0n) is 31.5. The molecule has 1 fully saturated rings. The number of ether oxygens (including phenoxy) is 3. The van der Waals surface area contributed by atoms with Gasteiger partial charge in [-0.1, -0.05) is 147 Å². The highest BCUT2D eigenvalue weighted by Crippen LogP contribution is 2.53. The van der Waals surface area contributed by atoms with E-state index in [4.69, 9.17) is 27.8 Å². The SMILES string of the molecule is CC(=O)OC1[C@H](OP(=O)(Oc2ccccc2)Oc2ccccc2)OC([C@@H](F)CCCCCCCCCCCCCCCCCCOC=O)[C@@H](C)[C@@H]1C. The lowest BCUT2D eigenvalue weighted by atomic mass is 9.81. The summed E-state index contributed by atoms with van der Waals surface area (Å²) in [5.74, 6) is -0.727. The number of rotatable bonds is 28. The normalized spacial score (nSPS) is 20.9. The van der Waals surface area contributed by atoms with Crippen molar-refractivity contribution >= 4 is 20.3 Å². The fourth-order valence-electron chi connectivity index (χ4n) is 6.68. The maximum Gasteiger partial charge on any atom is 0.590 e. The van der Waals surface area contributed by atoms with Crippen LogP contribution in [0.3, 0.4) is 0 Å². The first-order valence-electron chi connectivity index (χ1n) is 19.5. The van der Waals surface area contributed by atoms with E-state index in [0.717, 1.165) is 38.5 Å². The van der Waals surface area contributed by atoms with Crippen molar-refractivity contribution in [2.75, 3.05) is 6.61 Å². The van der Waals surface area contributed by atoms with Crippen molar-refractivity contribution < 1.29 is 46.3 Å². The molecule has 1 heterocycles. The average molecular weight is 749 g/mol. The van der Waals surface area contributed by atoms with Gasteiger partial charge in [0.05, 0.1) is 12.7 Å². The van der Waals surface area contributed by atoms with E-state index < -0.39 is 38.5 Å². The third-order valence-corrected chi connectivity index (χ3v) is 11.1. The molecule has 1 saturated heterocycles. The Balaban J connectivity index is 1.40. The van der Waals surface area contributed by atoms with Crippen LogP contribution in [0.5, 0.6) is 11.5 Å². The minimum atomic E-state index is -4.42. The summed E-state index contributed by atoms with van der Waals surface area (Å²) in [7, 11) is -4.42. The largest absolute Gasteiger partial charge is 0.590 e. The number of phosphoric acid groups is 1. The Morgan fingerprint density at radius 1 is 0.731 bits per heavy atom. The van der Waals surface area contributed by atoms with Crippen LogP contribution in [0.4, 0.5) is 4.39 Å². The fourth-order valence-corrected chi connectivity index (χ4v) is 7.99. The summed E-state index contributed by atoms with van der Waals surface area (Å²) in [5.41, 5.74) is 0. The molecule has 3 rings (SSSR count). The Kier molecular flexibility index (Phi) is 21.0. The maximum absolute atomic E-state index is 15.9. The summed E-state index contributed by atoms with van der Waals surface area (Å²) in [5, 5.41) is 0. The summed E-state index contributed by atoms with van der Waals surface area (Å²) < 4.78 is 64.1. The van der Waals surface area contributed by atoms with Gasteiger partial charge in [-0.25, -0.2) is 13.5 Å². The number of para-hydroxylation sites is 2. The molecule has 0 amide bonds. The first kappa shape index (κ1) is 43.5. The highest BCUT2D eigenvalue weighted by molar-refractivity contribution is 7.49. The van der Waals surface area contributed by atoms with Gasteiger partial charge < -0.3 is 23.3 Å². The Bertz CT molecular complexity index is 1240. The van der Waals surface area contributed by atoms with E-state index in [1.165, 1.54) is 71.1 Å². The quantitative estimate of drug-likeness (QED) is 0.0364. The van der Waals surface area contributed by atoms with Crippen molar-refractivity contribution in [1.82, 2.24) is 0 Å². The number of benzene rings is 2. The number of hydrogen-bond acceptors (Lipinski definition) is 9. The third-order valence-electron chi connectivity index (χ3n) is 9.80. The van der Waals surface area contributed by atoms with E-state index in [-0.39, 0.29) is 23.3 Å². The van der Waals surface area contributed by atoms with Crippen LogP contribution >= 0.6 is 7.82 Å². The highest BCUT2D eigenvalue weighted by atomic mass is 31.2. The van der Waals surface area contributed by atoms with Crippen molar-refractivity contribution in [1.29, 1.82) is 0 Å². The van der Waals surface area contributed by atoms with Crippen LogP contribution in [0.25, 0.3) is 0 Å². The van der Waals surface area contributed by atoms with Crippen LogP contribution in [0.15, 0.2) is 60.7 Å². The molecule has 0 radical (unpaired) electrons. The lowest BCUT2D eigenvalue weighted by molar-refractivity contribution is -0.260. The predicted octanol–water partition coefficient (Wildman–Crippen LogP) is 11.3. The zero-order valence-corrected chi connectivity index (χ0v) is 32.4. The van der Waals surface area contributed by atoms with E-state index in [9.17, 15) is 14.2 Å². The van der Waals surface area contributed by atoms with Gasteiger partial charge in [-0.05, 0) is 43.0 Å². The molecule has 0 saturated carbocycles. The van der Waals surface area contributed by atoms with Gasteiger partial charge in [-0.2, -0.15) is 0 Å². The molecular weight excluding hydrogens is 686 g/mol. The van der Waals surface area contributed by atoms with Crippen molar-refractivity contribution in [3.05, 3.63) is 60.7 Å². The molecule has 1 aliphatic heterocycles. The van der Waals surface area contributed by atoms with Crippen LogP contribution in [0.1, 0.15) is 130 Å². The Morgan fingerprint density at radius 3 is 1.62 bits per heavy atom. The monoisotopic (exact) mass is 748 g/mol. The van der Waals surface area contributed by atoms with Gasteiger partial charge in [0.25, 0.3) is 6.47 Å². The fraction of sp³-hybridized carbons (Fsp3) is 0.659. The van der Waals surface area contributed by atoms with Crippen LogP contribution in [-0.4, -0.2) is 43.7 Å². The number of hydrogen-bond donors (Lipinski definition) is 0. The number of esters is 1. The molecule has 1 aliphatic rings. The molecular formula is C41H62FO9P. The van der Waals surface area contributed by atoms with E-state index in [2.05, 4.69) is 0 Å². The molecule has 292 valence electrons. The predicted molar refractivity (Wildman–Crippen MR) is 201 cm³/mol. The molecule has 0 N–H and O–H groups in total. The van der Waals surface area contributed by atoms with E-state index in [1.807, 2.05) is 13.8 Å². The molecule has 11 heteroatoms. The van der Waals surface area contributed by atoms with E-state index in [1.54, 1.807) is 60.7 Å². The second kappa shape index (κ2) is 25.1. The maximum atomic E-state index is 15.9. The van der Waals surface area contributed by atoms with Crippen LogP contribution in [-0.2, 0) is 32.9 Å². The molecule has 0 aromatic heterocycles. The Morgan fingerprint density at radius 2 is 1.17 bits per heavy atom. The Labute approximate surface area is 311 Å². The van der Waals surface area contributed by atoms with Gasteiger partial charge in [-0.3, -0.25) is 9.59 Å². The summed E-state index contributed by atoms with van der Waals surface area (Å²) >= 11 is 0. The second-order valence-corrected chi connectivity index (χ2v) is 15.5. The number of carbonyl (C=O) groups is 2. The molecule has 0 aliphatic carbocycles. The first-order valence-corrected chi connectivity index (χ1v) is 21.0. The van der Waals surface area contributed by atoms with Gasteiger partial charge in [0.15, 0.2) is 6.10 Å². The Hall–Kier alpha value is -2.94. The standard InChI is InChI=1S/C41H62FO9P/c1-33-34(2)40(47-35(3)44)41(51-52(45,49-36-26-20-18-21-27-36)50-37-28-22-19-23-29-37)48-39(33)38(42)30-24-16-14-12-10-8-6-4-5-7-9-11-13-15-17-25-31-46-32-43/h18-23,26-29,32-34,38-41H,4-17,24-25,30-31H2,1-3H3/t33-,34-,38-,39?,40?,41-/m0/s1. The van der Waals surface area contributed by atoms with Crippen molar-refractivity contribution in [2.24, 2.45) is 11.8 Å². The number of phosphoric ester groups is 1. The third kappa shape index (κ3) is 16.8. The average Bonchev–Trinajstić information content (AvgIpc) is 3.12. The van der Waals surface area contributed by atoms with Crippen LogP contribution < -0.4 is 9.05 Å². The van der Waals surface area contributed by atoms with Gasteiger partial charge in [0.2, 0.25) is 6.29 Å². The molecule has 52 heavy (non-hydrogen) atoms. The molecule has 6 atom stereocenters. The molecule has 9 nitrogen and oxygen atoms in total. The summed E-state index contributed by atoms with van der Waals surface area (Å²) in [6.07, 6.45) is 14.6. The van der Waals surface area contributed by atoms with Crippen molar-refractivity contribution in [3.8, 4) is 11.5 Å². The highest BCUT2D eigenvalue weighted by Gasteiger charge is 2.50. The topological polar surface area (TPSA) is 107 Å². The van der Waals surface area contributed by atoms with Crippen LogP contribution in [0.2, 0.25) is 0 Å². The van der Waals surface area contributed by atoms with E-state index in [0.29, 0.717) is 19.5 Å². The van der Waals surface area contributed by atoms with E-state index >= 15 is 4.39 Å². The summed E-state index contributed by atoms with van der Waals surface area (Å²) in [6, 6.07) is 16.9. The minimum absolute atomic E-state index is 0.247. The zero-order chi connectivity index (χ0) is 37.4. The lowest BCUT2D eigenvalue weighted by Gasteiger charge is -2.44.